The third-order valence-corrected chi connectivity index (χ3v) is 5.83. The molecule has 3 aliphatic rings. The molecule has 3 aliphatic heterocycles. The van der Waals surface area contributed by atoms with Crippen molar-refractivity contribution in [2.45, 2.75) is 0 Å². The summed E-state index contributed by atoms with van der Waals surface area (Å²) >= 11 is 0. The summed E-state index contributed by atoms with van der Waals surface area (Å²) in [6.07, 6.45) is 9.78. The summed E-state index contributed by atoms with van der Waals surface area (Å²) in [4.78, 5) is 9.25. The molecule has 223 valence electrons. The van der Waals surface area contributed by atoms with E-state index in [4.69, 9.17) is 0 Å². The number of hydrogen-bond acceptors (Lipinski definition) is 6. The van der Waals surface area contributed by atoms with Crippen molar-refractivity contribution in [1.82, 2.24) is 9.80 Å². The molecule has 0 N–H and O–H groups in total. The predicted molar refractivity (Wildman–Crippen MR) is 141 cm³/mol. The van der Waals surface area contributed by atoms with E-state index in [0.717, 1.165) is 30.3 Å². The molecule has 42 heavy (non-hydrogen) atoms. The molecule has 0 atom stereocenters. The van der Waals surface area contributed by atoms with Crippen LogP contribution in [0.1, 0.15) is 0 Å². The van der Waals surface area contributed by atoms with Crippen molar-refractivity contribution in [2.24, 2.45) is 0 Å². The van der Waals surface area contributed by atoms with Gasteiger partial charge in [0.05, 0.1) is 0 Å². The van der Waals surface area contributed by atoms with Gasteiger partial charge in [0.15, 0.2) is 0 Å². The first-order chi connectivity index (χ1) is 19.6. The van der Waals surface area contributed by atoms with Crippen molar-refractivity contribution >= 4 is 22.7 Å². The van der Waals surface area contributed by atoms with Gasteiger partial charge < -0.3 is 29.4 Å². The molecule has 0 aliphatic carbocycles. The SMILES string of the molecule is CN1C=CN(c2[c-]c(N3C=CN(C)[CH-]3)c(F)cc2F)[CH-]1.Fc1c[c-]c(N2C=CN(c3[c-]cc(F)cc3F)[CH-]2)c(F)c1.[Ir]. The van der Waals surface area contributed by atoms with Crippen molar-refractivity contribution in [1.29, 1.82) is 0 Å². The second kappa shape index (κ2) is 12.8. The fraction of sp³-hybridized carbons (Fsp3) is 0.0690. The van der Waals surface area contributed by atoms with Gasteiger partial charge in [0.25, 0.3) is 0 Å². The third-order valence-electron chi connectivity index (χ3n) is 5.83. The zero-order valence-electron chi connectivity index (χ0n) is 21.9. The van der Waals surface area contributed by atoms with Crippen molar-refractivity contribution < 1.29 is 46.4 Å². The zero-order chi connectivity index (χ0) is 29.3. The van der Waals surface area contributed by atoms with E-state index in [2.05, 4.69) is 18.2 Å². The summed E-state index contributed by atoms with van der Waals surface area (Å²) in [6, 6.07) is 12.0. The summed E-state index contributed by atoms with van der Waals surface area (Å²) in [5, 5.41) is 0. The molecule has 3 aromatic rings. The zero-order valence-corrected chi connectivity index (χ0v) is 24.3. The maximum Gasteiger partial charge on any atom is 0.0318 e. The number of nitrogens with zero attached hydrogens (tertiary/aromatic N) is 6. The van der Waals surface area contributed by atoms with Gasteiger partial charge in [-0.3, -0.25) is 26.3 Å². The average molecular weight is 759 g/mol. The van der Waals surface area contributed by atoms with Gasteiger partial charge in [-0.05, 0) is 51.3 Å². The van der Waals surface area contributed by atoms with E-state index in [1.54, 1.807) is 57.7 Å². The fourth-order valence-electron chi connectivity index (χ4n) is 3.91. The second-order valence-electron chi connectivity index (χ2n) is 8.89. The fourth-order valence-corrected chi connectivity index (χ4v) is 3.91. The molecule has 3 heterocycles. The molecule has 1 radical (unpaired) electrons. The van der Waals surface area contributed by atoms with Crippen LogP contribution in [0.3, 0.4) is 0 Å². The van der Waals surface area contributed by atoms with Crippen LogP contribution in [-0.4, -0.2) is 23.9 Å². The molecule has 13 heteroatoms. The molecule has 0 saturated carbocycles. The maximum atomic E-state index is 13.9. The minimum absolute atomic E-state index is 0. The van der Waals surface area contributed by atoms with Gasteiger partial charge in [0.2, 0.25) is 0 Å². The smallest absolute Gasteiger partial charge is 0.0318 e. The molecular formula is C29H20F6IrN6-6. The van der Waals surface area contributed by atoms with E-state index >= 15 is 0 Å². The van der Waals surface area contributed by atoms with Gasteiger partial charge in [0, 0.05) is 55.0 Å². The third kappa shape index (κ3) is 6.68. The Hall–Kier alpha value is -4.09. The van der Waals surface area contributed by atoms with Gasteiger partial charge in [-0.1, -0.05) is 28.8 Å². The largest absolute Gasteiger partial charge is 0.510 e. The van der Waals surface area contributed by atoms with Gasteiger partial charge in [-0.15, -0.1) is 37.0 Å². The first-order valence-corrected chi connectivity index (χ1v) is 11.9. The van der Waals surface area contributed by atoms with E-state index in [1.165, 1.54) is 28.9 Å². The Kier molecular flexibility index (Phi) is 9.43. The molecule has 0 spiro atoms. The molecule has 6 nitrogen and oxygen atoms in total. The van der Waals surface area contributed by atoms with Crippen LogP contribution in [0.4, 0.5) is 49.1 Å². The van der Waals surface area contributed by atoms with E-state index in [1.807, 2.05) is 14.1 Å². The van der Waals surface area contributed by atoms with E-state index < -0.39 is 34.9 Å². The molecule has 0 fully saturated rings. The minimum atomic E-state index is -0.804. The number of benzene rings is 3. The number of rotatable bonds is 4. The monoisotopic (exact) mass is 759 g/mol. The van der Waals surface area contributed by atoms with Crippen LogP contribution in [0.2, 0.25) is 0 Å². The number of hydrogen-bond donors (Lipinski definition) is 0. The quantitative estimate of drug-likeness (QED) is 0.232. The Morgan fingerprint density at radius 3 is 1.21 bits per heavy atom. The molecule has 0 amide bonds. The first kappa shape index (κ1) is 30.9. The molecule has 0 aromatic heterocycles. The topological polar surface area (TPSA) is 19.4 Å². The summed E-state index contributed by atoms with van der Waals surface area (Å²) in [6.45, 7) is 4.72. The Bertz CT molecular complexity index is 1430. The second-order valence-corrected chi connectivity index (χ2v) is 8.89. The molecular weight excluding hydrogens is 739 g/mol. The normalized spacial score (nSPS) is 15.5. The van der Waals surface area contributed by atoms with Crippen molar-refractivity contribution in [3.05, 3.63) is 141 Å². The van der Waals surface area contributed by atoms with E-state index in [-0.39, 0.29) is 42.9 Å². The van der Waals surface area contributed by atoms with Crippen LogP contribution < -0.4 is 19.6 Å². The molecule has 0 bridgehead atoms. The summed E-state index contributed by atoms with van der Waals surface area (Å²) in [5.74, 6) is -4.40. The van der Waals surface area contributed by atoms with Crippen molar-refractivity contribution in [2.75, 3.05) is 33.7 Å². The Morgan fingerprint density at radius 1 is 0.500 bits per heavy atom. The predicted octanol–water partition coefficient (Wildman–Crippen LogP) is 6.21. The van der Waals surface area contributed by atoms with Crippen LogP contribution in [-0.2, 0) is 20.1 Å². The number of anilines is 4. The van der Waals surface area contributed by atoms with Crippen molar-refractivity contribution in [3.8, 4) is 0 Å². The number of halogens is 6. The summed E-state index contributed by atoms with van der Waals surface area (Å²) in [5.41, 5.74) is 0.326. The summed E-state index contributed by atoms with van der Waals surface area (Å²) < 4.78 is 80.9. The van der Waals surface area contributed by atoms with Crippen LogP contribution in [0, 0.1) is 73.1 Å². The van der Waals surface area contributed by atoms with E-state index in [0.29, 0.717) is 0 Å². The van der Waals surface area contributed by atoms with Gasteiger partial charge >= 0.3 is 0 Å². The van der Waals surface area contributed by atoms with Gasteiger partial charge in [-0.2, -0.15) is 25.5 Å². The Morgan fingerprint density at radius 2 is 0.857 bits per heavy atom. The molecule has 0 unspecified atom stereocenters. The van der Waals surface area contributed by atoms with Crippen LogP contribution >= 0.6 is 0 Å². The standard InChI is InChI=1S/C15H7F4N2.C14H13F2N4.Ir/c16-10-1-3-14(12(18)7-10)20-5-6-21(9-20)15-4-2-11(17)8-13(15)19;1-17-3-5-19(9-17)13-8-14(12(16)7-11(13)15)20-6-4-18(2)10-20;/h1-2,5-9H;3-7,9-10H,1-2H3;/q2*-3;. The van der Waals surface area contributed by atoms with Gasteiger partial charge in [-0.25, -0.2) is 0 Å². The maximum absolute atomic E-state index is 13.9. The van der Waals surface area contributed by atoms with Gasteiger partial charge in [0.1, 0.15) is 0 Å². The van der Waals surface area contributed by atoms with Crippen LogP contribution in [0.5, 0.6) is 0 Å². The Labute approximate surface area is 253 Å². The van der Waals surface area contributed by atoms with Crippen LogP contribution in [0.25, 0.3) is 0 Å². The summed E-state index contributed by atoms with van der Waals surface area (Å²) in [7, 11) is 3.65. The Balaban J connectivity index is 0.000000189. The molecule has 3 aromatic carbocycles. The molecule has 6 rings (SSSR count). The van der Waals surface area contributed by atoms with Crippen LogP contribution in [0.15, 0.2) is 67.5 Å². The molecule has 0 saturated heterocycles. The minimum Gasteiger partial charge on any atom is -0.510 e. The average Bonchev–Trinajstić information content (AvgIpc) is 3.66. The van der Waals surface area contributed by atoms with E-state index in [9.17, 15) is 26.3 Å². The first-order valence-electron chi connectivity index (χ1n) is 11.9. The van der Waals surface area contributed by atoms with Crippen molar-refractivity contribution in [3.63, 3.8) is 0 Å².